The molecular weight excluding hydrogens is 216 g/mol. The van der Waals surface area contributed by atoms with Crippen molar-refractivity contribution in [2.45, 2.75) is 17.2 Å². The lowest BCUT2D eigenvalue weighted by molar-refractivity contribution is -0.137. The fourth-order valence-corrected chi connectivity index (χ4v) is 3.81. The molecule has 5 heteroatoms. The molecule has 0 fully saturated rings. The van der Waals surface area contributed by atoms with E-state index in [9.17, 15) is 13.2 Å². The minimum absolute atomic E-state index is 0.0847. The fraction of sp³-hybridized carbons (Fsp3) is 0.300. The molecule has 1 unspecified atom stereocenters. The van der Waals surface area contributed by atoms with Gasteiger partial charge in [0.2, 0.25) is 0 Å². The topological polar surface area (TPSA) is 71.4 Å². The second-order valence-corrected chi connectivity index (χ2v) is 5.62. The molecule has 1 N–H and O–H groups in total. The lowest BCUT2D eigenvalue weighted by Gasteiger charge is -2.04. The van der Waals surface area contributed by atoms with Crippen LogP contribution in [0.25, 0.3) is 0 Å². The number of hydrogen-bond donors (Lipinski definition) is 1. The number of sulfone groups is 1. The van der Waals surface area contributed by atoms with E-state index in [0.717, 1.165) is 0 Å². The normalized spacial score (nSPS) is 22.3. The van der Waals surface area contributed by atoms with Gasteiger partial charge >= 0.3 is 5.97 Å². The van der Waals surface area contributed by atoms with Gasteiger partial charge in [-0.3, -0.25) is 4.79 Å². The molecule has 80 valence electrons. The lowest BCUT2D eigenvalue weighted by Crippen LogP contribution is -2.08. The summed E-state index contributed by atoms with van der Waals surface area (Å²) >= 11 is 0. The van der Waals surface area contributed by atoms with Gasteiger partial charge in [0.25, 0.3) is 0 Å². The number of carbonyl (C=O) groups is 1. The number of fused-ring (bicyclic) bond motifs is 1. The average Bonchev–Trinajstić information content (AvgIpc) is 2.39. The van der Waals surface area contributed by atoms with Crippen molar-refractivity contribution in [3.63, 3.8) is 0 Å². The zero-order valence-electron chi connectivity index (χ0n) is 7.88. The minimum atomic E-state index is -3.26. The van der Waals surface area contributed by atoms with Crippen LogP contribution < -0.4 is 0 Å². The van der Waals surface area contributed by atoms with E-state index in [-0.39, 0.29) is 17.1 Å². The van der Waals surface area contributed by atoms with Crippen molar-refractivity contribution in [1.29, 1.82) is 0 Å². The van der Waals surface area contributed by atoms with Crippen LogP contribution in [-0.2, 0) is 14.6 Å². The maximum atomic E-state index is 11.7. The molecule has 1 aromatic carbocycles. The SMILES string of the molecule is O=C(O)CC1CS(=O)(=O)c2ccccc21. The summed E-state index contributed by atoms with van der Waals surface area (Å²) in [6.45, 7) is 0. The van der Waals surface area contributed by atoms with Gasteiger partial charge in [-0.05, 0) is 11.6 Å². The van der Waals surface area contributed by atoms with Gasteiger partial charge in [0.15, 0.2) is 9.84 Å². The largest absolute Gasteiger partial charge is 0.481 e. The number of benzene rings is 1. The van der Waals surface area contributed by atoms with E-state index >= 15 is 0 Å². The molecule has 1 aliphatic heterocycles. The van der Waals surface area contributed by atoms with Crippen LogP contribution in [0.15, 0.2) is 29.2 Å². The Kier molecular flexibility index (Phi) is 2.26. The van der Waals surface area contributed by atoms with Gasteiger partial charge in [-0.1, -0.05) is 18.2 Å². The zero-order valence-corrected chi connectivity index (χ0v) is 8.70. The first kappa shape index (κ1) is 10.2. The van der Waals surface area contributed by atoms with Crippen LogP contribution in [0.5, 0.6) is 0 Å². The van der Waals surface area contributed by atoms with Gasteiger partial charge < -0.3 is 5.11 Å². The Morgan fingerprint density at radius 3 is 2.73 bits per heavy atom. The molecule has 0 amide bonds. The van der Waals surface area contributed by atoms with Gasteiger partial charge in [0.05, 0.1) is 17.1 Å². The Hall–Kier alpha value is -1.36. The van der Waals surface area contributed by atoms with Crippen molar-refractivity contribution in [3.05, 3.63) is 29.8 Å². The first-order valence-electron chi connectivity index (χ1n) is 4.54. The van der Waals surface area contributed by atoms with E-state index in [1.54, 1.807) is 18.2 Å². The summed E-state index contributed by atoms with van der Waals surface area (Å²) in [5.41, 5.74) is 0.639. The number of aliphatic carboxylic acids is 1. The highest BCUT2D eigenvalue weighted by molar-refractivity contribution is 7.91. The van der Waals surface area contributed by atoms with E-state index in [1.807, 2.05) is 0 Å². The Bertz CT molecular complexity index is 504. The van der Waals surface area contributed by atoms with Crippen molar-refractivity contribution in [2.24, 2.45) is 0 Å². The van der Waals surface area contributed by atoms with Crippen LogP contribution in [0.4, 0.5) is 0 Å². The molecule has 0 aromatic heterocycles. The molecule has 0 radical (unpaired) electrons. The van der Waals surface area contributed by atoms with Gasteiger partial charge in [-0.15, -0.1) is 0 Å². The summed E-state index contributed by atoms with van der Waals surface area (Å²) in [5, 5.41) is 8.67. The summed E-state index contributed by atoms with van der Waals surface area (Å²) in [5.74, 6) is -1.45. The van der Waals surface area contributed by atoms with Crippen LogP contribution in [-0.4, -0.2) is 25.2 Å². The monoisotopic (exact) mass is 226 g/mol. The van der Waals surface area contributed by atoms with Crippen molar-refractivity contribution >= 4 is 15.8 Å². The number of hydrogen-bond acceptors (Lipinski definition) is 3. The van der Waals surface area contributed by atoms with E-state index in [0.29, 0.717) is 5.56 Å². The molecule has 2 rings (SSSR count). The molecular formula is C10H10O4S. The highest BCUT2D eigenvalue weighted by atomic mass is 32.2. The van der Waals surface area contributed by atoms with E-state index < -0.39 is 21.7 Å². The minimum Gasteiger partial charge on any atom is -0.481 e. The van der Waals surface area contributed by atoms with Crippen LogP contribution >= 0.6 is 0 Å². The molecule has 0 saturated carbocycles. The van der Waals surface area contributed by atoms with Crippen LogP contribution in [0, 0.1) is 0 Å². The number of carboxylic acid groups (broad SMARTS) is 1. The molecule has 0 bridgehead atoms. The summed E-state index contributed by atoms with van der Waals surface area (Å²) in [6, 6.07) is 6.61. The standard InChI is InChI=1S/C10H10O4S/c11-10(12)5-7-6-15(13,14)9-4-2-1-3-8(7)9/h1-4,7H,5-6H2,(H,11,12). The van der Waals surface area contributed by atoms with E-state index in [4.69, 9.17) is 5.11 Å². The van der Waals surface area contributed by atoms with Crippen LogP contribution in [0.3, 0.4) is 0 Å². The third kappa shape index (κ3) is 1.74. The highest BCUT2D eigenvalue weighted by Crippen LogP contribution is 2.36. The third-order valence-corrected chi connectivity index (χ3v) is 4.42. The predicted molar refractivity (Wildman–Crippen MR) is 53.5 cm³/mol. The predicted octanol–water partition coefficient (Wildman–Crippen LogP) is 1.03. The molecule has 0 saturated heterocycles. The van der Waals surface area contributed by atoms with Crippen molar-refractivity contribution in [3.8, 4) is 0 Å². The summed E-state index contributed by atoms with van der Waals surface area (Å²) in [4.78, 5) is 10.9. The van der Waals surface area contributed by atoms with Crippen molar-refractivity contribution < 1.29 is 18.3 Å². The second kappa shape index (κ2) is 3.34. The number of rotatable bonds is 2. The van der Waals surface area contributed by atoms with Gasteiger partial charge in [0.1, 0.15) is 0 Å². The molecule has 15 heavy (non-hydrogen) atoms. The maximum Gasteiger partial charge on any atom is 0.303 e. The second-order valence-electron chi connectivity index (χ2n) is 3.61. The summed E-state index contributed by atoms with van der Waals surface area (Å²) in [7, 11) is -3.26. The van der Waals surface area contributed by atoms with Gasteiger partial charge in [-0.2, -0.15) is 0 Å². The Balaban J connectivity index is 2.47. The van der Waals surface area contributed by atoms with Gasteiger partial charge in [-0.25, -0.2) is 8.42 Å². The summed E-state index contributed by atoms with van der Waals surface area (Å²) in [6.07, 6.45) is -0.129. The van der Waals surface area contributed by atoms with Crippen LogP contribution in [0.1, 0.15) is 17.9 Å². The fourth-order valence-electron chi connectivity index (χ4n) is 1.93. The Labute approximate surface area is 87.5 Å². The smallest absolute Gasteiger partial charge is 0.303 e. The van der Waals surface area contributed by atoms with E-state index in [1.165, 1.54) is 6.07 Å². The van der Waals surface area contributed by atoms with Crippen molar-refractivity contribution in [1.82, 2.24) is 0 Å². The molecule has 1 aromatic rings. The third-order valence-electron chi connectivity index (χ3n) is 2.54. The maximum absolute atomic E-state index is 11.7. The van der Waals surface area contributed by atoms with Gasteiger partial charge in [0, 0.05) is 5.92 Å². The lowest BCUT2D eigenvalue weighted by atomic mass is 9.98. The summed E-state index contributed by atoms with van der Waals surface area (Å²) < 4.78 is 23.3. The van der Waals surface area contributed by atoms with Crippen LogP contribution in [0.2, 0.25) is 0 Å². The Morgan fingerprint density at radius 1 is 1.40 bits per heavy atom. The zero-order chi connectivity index (χ0) is 11.1. The first-order valence-corrected chi connectivity index (χ1v) is 6.19. The van der Waals surface area contributed by atoms with E-state index in [2.05, 4.69) is 0 Å². The molecule has 1 heterocycles. The number of carboxylic acids is 1. The molecule has 4 nitrogen and oxygen atoms in total. The highest BCUT2D eigenvalue weighted by Gasteiger charge is 2.35. The average molecular weight is 226 g/mol. The molecule has 0 aliphatic carbocycles. The molecule has 0 spiro atoms. The first-order chi connectivity index (χ1) is 7.00. The quantitative estimate of drug-likeness (QED) is 0.817. The molecule has 1 aliphatic rings. The molecule has 1 atom stereocenters. The van der Waals surface area contributed by atoms with Crippen molar-refractivity contribution in [2.75, 3.05) is 5.75 Å². The Morgan fingerprint density at radius 2 is 2.07 bits per heavy atom.